The molecule has 1 heterocycles. The van der Waals surface area contributed by atoms with Gasteiger partial charge in [0.15, 0.2) is 17.5 Å². The highest BCUT2D eigenvalue weighted by atomic mass is 19.2. The van der Waals surface area contributed by atoms with E-state index in [1.807, 2.05) is 0 Å². The van der Waals surface area contributed by atoms with Crippen LogP contribution >= 0.6 is 0 Å². The number of aromatic nitrogens is 2. The van der Waals surface area contributed by atoms with Gasteiger partial charge in [-0.3, -0.25) is 10.5 Å². The van der Waals surface area contributed by atoms with Crippen molar-refractivity contribution in [2.75, 3.05) is 12.0 Å². The number of hydrogen-bond acceptors (Lipinski definition) is 5. The SMILES string of the molecule is CCOC(=O)c1c(N/N=C/c2ccc(F)c(F)c2)n[nH]c1C. The number of nitrogens with one attached hydrogen (secondary N) is 2. The van der Waals surface area contributed by atoms with E-state index in [0.717, 1.165) is 12.1 Å². The molecular weight excluding hydrogens is 294 g/mol. The zero-order chi connectivity index (χ0) is 16.1. The number of anilines is 1. The molecule has 116 valence electrons. The number of hydrazone groups is 1. The van der Waals surface area contributed by atoms with Crippen molar-refractivity contribution in [3.8, 4) is 0 Å². The van der Waals surface area contributed by atoms with E-state index < -0.39 is 17.6 Å². The van der Waals surface area contributed by atoms with Crippen molar-refractivity contribution >= 4 is 18.0 Å². The summed E-state index contributed by atoms with van der Waals surface area (Å²) in [5, 5.41) is 10.4. The summed E-state index contributed by atoms with van der Waals surface area (Å²) in [5.41, 5.74) is 3.70. The van der Waals surface area contributed by atoms with Crippen molar-refractivity contribution in [3.63, 3.8) is 0 Å². The number of hydrogen-bond donors (Lipinski definition) is 2. The summed E-state index contributed by atoms with van der Waals surface area (Å²) in [4.78, 5) is 11.8. The van der Waals surface area contributed by atoms with Crippen LogP contribution in [0.25, 0.3) is 0 Å². The van der Waals surface area contributed by atoms with E-state index in [1.165, 1.54) is 12.3 Å². The van der Waals surface area contributed by atoms with Gasteiger partial charge in [-0.05, 0) is 31.5 Å². The quantitative estimate of drug-likeness (QED) is 0.505. The lowest BCUT2D eigenvalue weighted by molar-refractivity contribution is 0.0526. The molecule has 0 aliphatic rings. The molecule has 0 saturated heterocycles. The van der Waals surface area contributed by atoms with Gasteiger partial charge in [0.25, 0.3) is 0 Å². The van der Waals surface area contributed by atoms with Crippen LogP contribution in [0.1, 0.15) is 28.5 Å². The molecule has 6 nitrogen and oxygen atoms in total. The van der Waals surface area contributed by atoms with E-state index in [9.17, 15) is 13.6 Å². The Morgan fingerprint density at radius 3 is 2.91 bits per heavy atom. The number of ether oxygens (including phenoxy) is 1. The smallest absolute Gasteiger partial charge is 0.343 e. The summed E-state index contributed by atoms with van der Waals surface area (Å²) in [7, 11) is 0. The van der Waals surface area contributed by atoms with Crippen molar-refractivity contribution in [1.29, 1.82) is 0 Å². The van der Waals surface area contributed by atoms with Crippen LogP contribution in [0.2, 0.25) is 0 Å². The maximum atomic E-state index is 13.1. The number of esters is 1. The molecule has 0 radical (unpaired) electrons. The fourth-order valence-corrected chi connectivity index (χ4v) is 1.72. The summed E-state index contributed by atoms with van der Waals surface area (Å²) < 4.78 is 30.8. The van der Waals surface area contributed by atoms with Crippen LogP contribution in [0.15, 0.2) is 23.3 Å². The van der Waals surface area contributed by atoms with Crippen LogP contribution < -0.4 is 5.43 Å². The summed E-state index contributed by atoms with van der Waals surface area (Å²) in [5.74, 6) is -2.24. The Kier molecular flexibility index (Phi) is 4.82. The first-order valence-corrected chi connectivity index (χ1v) is 6.49. The van der Waals surface area contributed by atoms with Crippen LogP contribution in [0.5, 0.6) is 0 Å². The van der Waals surface area contributed by atoms with Gasteiger partial charge in [0, 0.05) is 5.69 Å². The number of aromatic amines is 1. The Morgan fingerprint density at radius 2 is 2.23 bits per heavy atom. The number of carbonyl (C=O) groups excluding carboxylic acids is 1. The minimum absolute atomic E-state index is 0.190. The van der Waals surface area contributed by atoms with Crippen molar-refractivity contribution in [1.82, 2.24) is 10.2 Å². The number of carbonyl (C=O) groups is 1. The molecule has 1 aromatic heterocycles. The second-order valence-corrected chi connectivity index (χ2v) is 4.34. The lowest BCUT2D eigenvalue weighted by Gasteiger charge is -2.02. The second kappa shape index (κ2) is 6.79. The van der Waals surface area contributed by atoms with Crippen LogP contribution in [-0.4, -0.2) is 29.0 Å². The first-order chi connectivity index (χ1) is 10.5. The van der Waals surface area contributed by atoms with Gasteiger partial charge in [-0.25, -0.2) is 13.6 Å². The first kappa shape index (κ1) is 15.6. The summed E-state index contributed by atoms with van der Waals surface area (Å²) in [6.45, 7) is 3.60. The zero-order valence-corrected chi connectivity index (χ0v) is 12.0. The van der Waals surface area contributed by atoms with Gasteiger partial charge in [0.2, 0.25) is 0 Å². The van der Waals surface area contributed by atoms with Gasteiger partial charge >= 0.3 is 5.97 Å². The number of benzene rings is 1. The van der Waals surface area contributed by atoms with Gasteiger partial charge in [0.1, 0.15) is 5.56 Å². The Morgan fingerprint density at radius 1 is 1.45 bits per heavy atom. The highest BCUT2D eigenvalue weighted by Crippen LogP contribution is 2.17. The molecule has 0 atom stereocenters. The Hall–Kier alpha value is -2.77. The van der Waals surface area contributed by atoms with E-state index in [4.69, 9.17) is 4.74 Å². The zero-order valence-electron chi connectivity index (χ0n) is 12.0. The van der Waals surface area contributed by atoms with Crippen molar-refractivity contribution in [2.24, 2.45) is 5.10 Å². The van der Waals surface area contributed by atoms with Crippen LogP contribution in [0, 0.1) is 18.6 Å². The highest BCUT2D eigenvalue weighted by molar-refractivity contribution is 5.96. The van der Waals surface area contributed by atoms with E-state index in [2.05, 4.69) is 20.7 Å². The van der Waals surface area contributed by atoms with E-state index in [-0.39, 0.29) is 18.0 Å². The Balaban J connectivity index is 2.13. The Bertz CT molecular complexity index is 713. The molecular formula is C14H14F2N4O2. The van der Waals surface area contributed by atoms with Gasteiger partial charge in [-0.2, -0.15) is 10.2 Å². The Labute approximate surface area is 125 Å². The van der Waals surface area contributed by atoms with Crippen LogP contribution in [0.3, 0.4) is 0 Å². The van der Waals surface area contributed by atoms with Gasteiger partial charge in [-0.15, -0.1) is 0 Å². The van der Waals surface area contributed by atoms with E-state index in [0.29, 0.717) is 11.3 Å². The normalized spacial score (nSPS) is 10.9. The molecule has 2 aromatic rings. The molecule has 0 fully saturated rings. The summed E-state index contributed by atoms with van der Waals surface area (Å²) in [6, 6.07) is 3.37. The number of nitrogens with zero attached hydrogens (tertiary/aromatic N) is 2. The molecule has 2 N–H and O–H groups in total. The maximum absolute atomic E-state index is 13.1. The maximum Gasteiger partial charge on any atom is 0.343 e. The molecule has 0 saturated carbocycles. The number of H-pyrrole nitrogens is 1. The van der Waals surface area contributed by atoms with Crippen molar-refractivity contribution in [3.05, 3.63) is 46.7 Å². The monoisotopic (exact) mass is 308 g/mol. The number of halogens is 2. The predicted octanol–water partition coefficient (Wildman–Crippen LogP) is 2.62. The average molecular weight is 308 g/mol. The topological polar surface area (TPSA) is 79.4 Å². The lowest BCUT2D eigenvalue weighted by Crippen LogP contribution is -2.08. The first-order valence-electron chi connectivity index (χ1n) is 6.49. The summed E-state index contributed by atoms with van der Waals surface area (Å²) >= 11 is 0. The van der Waals surface area contributed by atoms with Crippen LogP contribution in [-0.2, 0) is 4.74 Å². The molecule has 22 heavy (non-hydrogen) atoms. The third kappa shape index (κ3) is 3.46. The average Bonchev–Trinajstić information content (AvgIpc) is 2.84. The standard InChI is InChI=1S/C14H14F2N4O2/c1-3-22-14(21)12-8(2)18-20-13(12)19-17-7-9-4-5-10(15)11(16)6-9/h4-7H,3H2,1-2H3,(H2,18,19,20)/b17-7+. The molecule has 2 rings (SSSR count). The number of rotatable bonds is 5. The van der Waals surface area contributed by atoms with E-state index in [1.54, 1.807) is 13.8 Å². The minimum Gasteiger partial charge on any atom is -0.462 e. The van der Waals surface area contributed by atoms with Crippen molar-refractivity contribution in [2.45, 2.75) is 13.8 Å². The molecule has 1 aromatic carbocycles. The fourth-order valence-electron chi connectivity index (χ4n) is 1.72. The largest absolute Gasteiger partial charge is 0.462 e. The van der Waals surface area contributed by atoms with Crippen LogP contribution in [0.4, 0.5) is 14.6 Å². The van der Waals surface area contributed by atoms with Crippen molar-refractivity contribution < 1.29 is 18.3 Å². The second-order valence-electron chi connectivity index (χ2n) is 4.34. The van der Waals surface area contributed by atoms with Gasteiger partial charge < -0.3 is 4.74 Å². The summed E-state index contributed by atoms with van der Waals surface area (Å²) in [6.07, 6.45) is 1.28. The third-order valence-electron chi connectivity index (χ3n) is 2.75. The molecule has 0 aliphatic heterocycles. The molecule has 0 unspecified atom stereocenters. The minimum atomic E-state index is -0.966. The fraction of sp³-hybridized carbons (Fsp3) is 0.214. The third-order valence-corrected chi connectivity index (χ3v) is 2.75. The molecule has 0 bridgehead atoms. The molecule has 0 amide bonds. The van der Waals surface area contributed by atoms with E-state index >= 15 is 0 Å². The van der Waals surface area contributed by atoms with Gasteiger partial charge in [0.05, 0.1) is 12.8 Å². The molecule has 0 aliphatic carbocycles. The lowest BCUT2D eigenvalue weighted by atomic mass is 10.2. The molecule has 8 heteroatoms. The predicted molar refractivity (Wildman–Crippen MR) is 76.9 cm³/mol. The van der Waals surface area contributed by atoms with Gasteiger partial charge in [-0.1, -0.05) is 6.07 Å². The molecule has 0 spiro atoms. The highest BCUT2D eigenvalue weighted by Gasteiger charge is 2.18. The number of aryl methyl sites for hydroxylation is 1.